The molecule has 0 radical (unpaired) electrons. The first-order valence-electron chi connectivity index (χ1n) is 10.2. The number of nitrogens with zero attached hydrogens (tertiary/aromatic N) is 2. The SMILES string of the molecule is Cc1ccccc1C1CC(=O)C(=CNCCN2CCN(CCO)CC2)C(=O)C1. The van der Waals surface area contributed by atoms with Gasteiger partial charge in [0, 0.05) is 64.9 Å². The second kappa shape index (κ2) is 9.96. The van der Waals surface area contributed by atoms with Gasteiger partial charge in [0.1, 0.15) is 0 Å². The minimum absolute atomic E-state index is 0.00596. The van der Waals surface area contributed by atoms with Crippen LogP contribution < -0.4 is 5.32 Å². The highest BCUT2D eigenvalue weighted by Gasteiger charge is 2.31. The molecule has 2 fully saturated rings. The summed E-state index contributed by atoms with van der Waals surface area (Å²) < 4.78 is 0. The number of piperazine rings is 1. The molecule has 2 N–H and O–H groups in total. The third kappa shape index (κ3) is 5.28. The van der Waals surface area contributed by atoms with Crippen molar-refractivity contribution >= 4 is 11.6 Å². The van der Waals surface area contributed by atoms with Crippen LogP contribution >= 0.6 is 0 Å². The van der Waals surface area contributed by atoms with Crippen LogP contribution in [-0.4, -0.2) is 78.9 Å². The summed E-state index contributed by atoms with van der Waals surface area (Å²) in [6.07, 6.45) is 2.43. The fourth-order valence-electron chi connectivity index (χ4n) is 4.10. The van der Waals surface area contributed by atoms with Gasteiger partial charge < -0.3 is 10.4 Å². The number of hydrogen-bond acceptors (Lipinski definition) is 6. The molecule has 1 aliphatic carbocycles. The van der Waals surface area contributed by atoms with Crippen LogP contribution in [0.5, 0.6) is 0 Å². The predicted molar refractivity (Wildman–Crippen MR) is 109 cm³/mol. The number of ketones is 2. The van der Waals surface area contributed by atoms with Crippen molar-refractivity contribution in [2.24, 2.45) is 0 Å². The average Bonchev–Trinajstić information content (AvgIpc) is 2.68. The van der Waals surface area contributed by atoms with Crippen molar-refractivity contribution in [3.8, 4) is 0 Å². The zero-order chi connectivity index (χ0) is 19.9. The smallest absolute Gasteiger partial charge is 0.168 e. The molecule has 1 saturated carbocycles. The fourth-order valence-corrected chi connectivity index (χ4v) is 4.10. The Morgan fingerprint density at radius 3 is 2.25 bits per heavy atom. The summed E-state index contributed by atoms with van der Waals surface area (Å²) in [7, 11) is 0. The summed E-state index contributed by atoms with van der Waals surface area (Å²) in [4.78, 5) is 29.7. The first-order chi connectivity index (χ1) is 13.6. The van der Waals surface area contributed by atoms with E-state index in [0.29, 0.717) is 25.0 Å². The molecule has 1 saturated heterocycles. The Bertz CT molecular complexity index is 703. The van der Waals surface area contributed by atoms with Crippen LogP contribution in [0.25, 0.3) is 0 Å². The van der Waals surface area contributed by atoms with Crippen LogP contribution in [0.15, 0.2) is 36.0 Å². The van der Waals surface area contributed by atoms with Crippen LogP contribution in [0.1, 0.15) is 29.9 Å². The number of nitrogens with one attached hydrogen (secondary N) is 1. The van der Waals surface area contributed by atoms with Gasteiger partial charge in [-0.1, -0.05) is 24.3 Å². The molecule has 0 aromatic heterocycles. The van der Waals surface area contributed by atoms with Gasteiger partial charge in [0.25, 0.3) is 0 Å². The van der Waals surface area contributed by atoms with Gasteiger partial charge in [-0.15, -0.1) is 0 Å². The number of allylic oxidation sites excluding steroid dienone is 1. The third-order valence-corrected chi connectivity index (χ3v) is 5.79. The van der Waals surface area contributed by atoms with Gasteiger partial charge in [0.05, 0.1) is 12.2 Å². The normalized spacial score (nSPS) is 21.8. The minimum atomic E-state index is -0.0605. The first kappa shape index (κ1) is 20.7. The highest BCUT2D eigenvalue weighted by Crippen LogP contribution is 2.32. The molecule has 2 aliphatic rings. The molecule has 0 spiro atoms. The number of carbonyl (C=O) groups is 2. The van der Waals surface area contributed by atoms with E-state index in [1.165, 1.54) is 0 Å². The molecule has 152 valence electrons. The molecule has 1 aliphatic heterocycles. The summed E-state index contributed by atoms with van der Waals surface area (Å²) in [5.41, 5.74) is 2.56. The Morgan fingerprint density at radius 1 is 1.04 bits per heavy atom. The van der Waals surface area contributed by atoms with E-state index in [0.717, 1.165) is 50.4 Å². The maximum Gasteiger partial charge on any atom is 0.168 e. The van der Waals surface area contributed by atoms with Gasteiger partial charge in [-0.05, 0) is 24.0 Å². The van der Waals surface area contributed by atoms with Gasteiger partial charge in [-0.3, -0.25) is 19.4 Å². The third-order valence-electron chi connectivity index (χ3n) is 5.79. The first-order valence-corrected chi connectivity index (χ1v) is 10.2. The average molecular weight is 386 g/mol. The lowest BCUT2D eigenvalue weighted by Gasteiger charge is -2.34. The van der Waals surface area contributed by atoms with E-state index in [4.69, 9.17) is 5.11 Å². The van der Waals surface area contributed by atoms with E-state index in [1.54, 1.807) is 6.20 Å². The molecule has 6 heteroatoms. The van der Waals surface area contributed by atoms with Crippen molar-refractivity contribution in [1.29, 1.82) is 0 Å². The summed E-state index contributed by atoms with van der Waals surface area (Å²) in [5.74, 6) is -0.127. The van der Waals surface area contributed by atoms with Crippen LogP contribution in [0.3, 0.4) is 0 Å². The molecular weight excluding hydrogens is 354 g/mol. The number of benzene rings is 1. The quantitative estimate of drug-likeness (QED) is 0.416. The summed E-state index contributed by atoms with van der Waals surface area (Å²) in [6, 6.07) is 8.00. The van der Waals surface area contributed by atoms with E-state index >= 15 is 0 Å². The lowest BCUT2D eigenvalue weighted by Crippen LogP contribution is -2.48. The molecule has 1 aromatic rings. The Kier molecular flexibility index (Phi) is 7.36. The molecule has 28 heavy (non-hydrogen) atoms. The van der Waals surface area contributed by atoms with Crippen molar-refractivity contribution in [2.45, 2.75) is 25.7 Å². The highest BCUT2D eigenvalue weighted by atomic mass is 16.3. The van der Waals surface area contributed by atoms with Gasteiger partial charge in [-0.2, -0.15) is 0 Å². The van der Waals surface area contributed by atoms with Crippen molar-refractivity contribution in [1.82, 2.24) is 15.1 Å². The number of β-amino-alcohol motifs (C(OH)–C–C–N with tert-alkyl or cyclic N) is 1. The van der Waals surface area contributed by atoms with E-state index in [-0.39, 0.29) is 24.1 Å². The molecule has 1 aromatic carbocycles. The van der Waals surface area contributed by atoms with E-state index < -0.39 is 0 Å². The number of aryl methyl sites for hydroxylation is 1. The van der Waals surface area contributed by atoms with Crippen molar-refractivity contribution < 1.29 is 14.7 Å². The molecule has 3 rings (SSSR count). The van der Waals surface area contributed by atoms with Crippen LogP contribution in [-0.2, 0) is 9.59 Å². The van der Waals surface area contributed by atoms with Crippen molar-refractivity contribution in [3.05, 3.63) is 47.2 Å². The standard InChI is InChI=1S/C22H31N3O3/c1-17-4-2-3-5-19(17)18-14-21(27)20(22(28)15-18)16-23-6-7-24-8-10-25(11-9-24)12-13-26/h2-5,16,18,23,26H,6-15H2,1H3. The minimum Gasteiger partial charge on any atom is -0.395 e. The van der Waals surface area contributed by atoms with E-state index in [9.17, 15) is 9.59 Å². The molecule has 0 unspecified atom stereocenters. The van der Waals surface area contributed by atoms with Gasteiger partial charge in [0.15, 0.2) is 11.6 Å². The number of carbonyl (C=O) groups excluding carboxylic acids is 2. The second-order valence-electron chi connectivity index (χ2n) is 7.73. The number of Topliss-reactive ketones (excluding diaryl/α,β-unsaturated/α-hetero) is 2. The monoisotopic (exact) mass is 385 g/mol. The Balaban J connectivity index is 1.46. The predicted octanol–water partition coefficient (Wildman–Crippen LogP) is 1.09. The Hall–Kier alpha value is -2.02. The molecule has 0 atom stereocenters. The maximum atomic E-state index is 12.5. The number of hydrogen-bond donors (Lipinski definition) is 2. The Labute approximate surface area is 167 Å². The fraction of sp³-hybridized carbons (Fsp3) is 0.545. The van der Waals surface area contributed by atoms with Crippen LogP contribution in [0.4, 0.5) is 0 Å². The largest absolute Gasteiger partial charge is 0.395 e. The van der Waals surface area contributed by atoms with Gasteiger partial charge >= 0.3 is 0 Å². The zero-order valence-electron chi connectivity index (χ0n) is 16.7. The summed E-state index contributed by atoms with van der Waals surface area (Å²) in [6.45, 7) is 8.48. The molecule has 6 nitrogen and oxygen atoms in total. The van der Waals surface area contributed by atoms with Crippen molar-refractivity contribution in [3.63, 3.8) is 0 Å². The summed E-state index contributed by atoms with van der Waals surface area (Å²) in [5, 5.41) is 12.2. The van der Waals surface area contributed by atoms with Crippen molar-refractivity contribution in [2.75, 3.05) is 52.4 Å². The number of aliphatic hydroxyl groups is 1. The summed E-state index contributed by atoms with van der Waals surface area (Å²) >= 11 is 0. The number of aliphatic hydroxyl groups excluding tert-OH is 1. The second-order valence-corrected chi connectivity index (χ2v) is 7.73. The maximum absolute atomic E-state index is 12.5. The topological polar surface area (TPSA) is 72.9 Å². The molecule has 1 heterocycles. The van der Waals surface area contributed by atoms with E-state index in [2.05, 4.69) is 15.1 Å². The Morgan fingerprint density at radius 2 is 1.64 bits per heavy atom. The number of rotatable bonds is 7. The molecule has 0 bridgehead atoms. The van der Waals surface area contributed by atoms with Gasteiger partial charge in [0.2, 0.25) is 0 Å². The lowest BCUT2D eigenvalue weighted by atomic mass is 9.79. The van der Waals surface area contributed by atoms with E-state index in [1.807, 2.05) is 31.2 Å². The van der Waals surface area contributed by atoms with Crippen LogP contribution in [0, 0.1) is 6.92 Å². The highest BCUT2D eigenvalue weighted by molar-refractivity contribution is 6.22. The molecular formula is C22H31N3O3. The van der Waals surface area contributed by atoms with Crippen LogP contribution in [0.2, 0.25) is 0 Å². The zero-order valence-corrected chi connectivity index (χ0v) is 16.7. The van der Waals surface area contributed by atoms with Gasteiger partial charge in [-0.25, -0.2) is 0 Å². The lowest BCUT2D eigenvalue weighted by molar-refractivity contribution is -0.124. The molecule has 0 amide bonds.